The van der Waals surface area contributed by atoms with Gasteiger partial charge in [-0.15, -0.1) is 0 Å². The Morgan fingerprint density at radius 3 is 2.30 bits per heavy atom. The lowest BCUT2D eigenvalue weighted by molar-refractivity contribution is -0.0201. The van der Waals surface area contributed by atoms with E-state index in [1.54, 1.807) is 0 Å². The summed E-state index contributed by atoms with van der Waals surface area (Å²) in [6.07, 6.45) is 1.15. The van der Waals surface area contributed by atoms with Crippen LogP contribution in [0.2, 0.25) is 0 Å². The number of benzene rings is 1. The fraction of sp³-hybridized carbons (Fsp3) is 0.500. The fourth-order valence-corrected chi connectivity index (χ4v) is 1.38. The number of nitrogens with one attached hydrogen (secondary N) is 1. The highest BCUT2D eigenvalue weighted by atomic mass is 16.7. The monoisotopic (exact) mass is 279 g/mol. The van der Waals surface area contributed by atoms with Crippen molar-refractivity contribution in [1.29, 1.82) is 0 Å². The van der Waals surface area contributed by atoms with E-state index in [-0.39, 0.29) is 12.2 Å². The summed E-state index contributed by atoms with van der Waals surface area (Å²) < 4.78 is 11.3. The molecular weight excluding hydrogens is 254 g/mol. The Labute approximate surface area is 121 Å². The van der Waals surface area contributed by atoms with Crippen LogP contribution >= 0.6 is 0 Å². The van der Waals surface area contributed by atoms with Crippen LogP contribution in [0.25, 0.3) is 0 Å². The van der Waals surface area contributed by atoms with Gasteiger partial charge in [0.25, 0.3) is 0 Å². The van der Waals surface area contributed by atoms with Crippen LogP contribution in [0, 0.1) is 0 Å². The minimum absolute atomic E-state index is 0.0669. The Balaban J connectivity index is 2.36. The largest absolute Gasteiger partial charge is 0.491 e. The molecule has 0 radical (unpaired) electrons. The van der Waals surface area contributed by atoms with E-state index in [0.717, 1.165) is 23.6 Å². The van der Waals surface area contributed by atoms with Crippen LogP contribution in [0.1, 0.15) is 34.1 Å². The van der Waals surface area contributed by atoms with Crippen LogP contribution in [0.15, 0.2) is 36.5 Å². The van der Waals surface area contributed by atoms with Gasteiger partial charge in [-0.1, -0.05) is 13.5 Å². The number of hydroxylamine groups is 1. The zero-order valence-corrected chi connectivity index (χ0v) is 12.8. The minimum Gasteiger partial charge on any atom is -0.491 e. The van der Waals surface area contributed by atoms with Gasteiger partial charge in [-0.25, -0.2) is 0 Å². The summed E-state index contributed by atoms with van der Waals surface area (Å²) in [6, 6.07) is 7.63. The van der Waals surface area contributed by atoms with Gasteiger partial charge in [0, 0.05) is 5.70 Å². The third-order valence-corrected chi connectivity index (χ3v) is 2.65. The van der Waals surface area contributed by atoms with Crippen LogP contribution in [-0.2, 0) is 4.84 Å². The van der Waals surface area contributed by atoms with Gasteiger partial charge < -0.3 is 9.47 Å². The molecule has 0 bridgehead atoms. The molecular formula is C16H25NO3. The molecule has 2 unspecified atom stereocenters. The summed E-state index contributed by atoms with van der Waals surface area (Å²) >= 11 is 0. The molecule has 0 spiro atoms. The van der Waals surface area contributed by atoms with E-state index in [9.17, 15) is 0 Å². The maximum atomic E-state index is 5.71. The van der Waals surface area contributed by atoms with Crippen molar-refractivity contribution in [3.8, 4) is 11.5 Å². The maximum absolute atomic E-state index is 5.71. The summed E-state index contributed by atoms with van der Waals surface area (Å²) in [5, 5.41) is 0. The smallest absolute Gasteiger partial charge is 0.119 e. The van der Waals surface area contributed by atoms with Crippen molar-refractivity contribution >= 4 is 0 Å². The number of allylic oxidation sites excluding steroid dienone is 1. The molecule has 20 heavy (non-hydrogen) atoms. The number of rotatable bonds is 9. The predicted molar refractivity (Wildman–Crippen MR) is 80.8 cm³/mol. The van der Waals surface area contributed by atoms with Gasteiger partial charge in [-0.2, -0.15) is 0 Å². The van der Waals surface area contributed by atoms with Gasteiger partial charge >= 0.3 is 0 Å². The lowest BCUT2D eigenvalue weighted by atomic mass is 10.3. The number of hydrogen-bond acceptors (Lipinski definition) is 4. The first-order valence-electron chi connectivity index (χ1n) is 6.98. The van der Waals surface area contributed by atoms with Gasteiger partial charge in [0.1, 0.15) is 24.2 Å². The maximum Gasteiger partial charge on any atom is 0.119 e. The molecule has 0 amide bonds. The summed E-state index contributed by atoms with van der Waals surface area (Å²) in [6.45, 7) is 12.1. The van der Waals surface area contributed by atoms with Crippen LogP contribution in [0.3, 0.4) is 0 Å². The Morgan fingerprint density at radius 2 is 1.75 bits per heavy atom. The molecule has 0 heterocycles. The molecule has 2 atom stereocenters. The first kappa shape index (κ1) is 16.4. The molecule has 0 aliphatic heterocycles. The van der Waals surface area contributed by atoms with Crippen LogP contribution in [0.5, 0.6) is 11.5 Å². The second-order valence-corrected chi connectivity index (χ2v) is 4.93. The van der Waals surface area contributed by atoms with Crippen LogP contribution in [0.4, 0.5) is 0 Å². The molecule has 0 fully saturated rings. The van der Waals surface area contributed by atoms with Gasteiger partial charge in [-0.3, -0.25) is 10.3 Å². The van der Waals surface area contributed by atoms with Crippen molar-refractivity contribution in [2.45, 2.75) is 46.3 Å². The standard InChI is InChI=1S/C16H25NO3/c1-6-13(4)19-16-9-7-15(8-10-16)18-11-14(5)20-17-12(2)3/h7-10,13-14,17H,2,6,11H2,1,3-5H3. The van der Waals surface area contributed by atoms with Gasteiger partial charge in [0.2, 0.25) is 0 Å². The van der Waals surface area contributed by atoms with Crippen molar-refractivity contribution in [2.75, 3.05) is 6.61 Å². The SMILES string of the molecule is C=C(C)NOC(C)COc1ccc(OC(C)CC)cc1. The zero-order valence-electron chi connectivity index (χ0n) is 12.8. The average Bonchev–Trinajstić information content (AvgIpc) is 2.44. The molecule has 0 saturated carbocycles. The van der Waals surface area contributed by atoms with Gasteiger partial charge in [0.15, 0.2) is 0 Å². The molecule has 112 valence electrons. The first-order valence-corrected chi connectivity index (χ1v) is 6.98. The number of hydrogen-bond donors (Lipinski definition) is 1. The highest BCUT2D eigenvalue weighted by Gasteiger charge is 2.05. The molecule has 1 aromatic carbocycles. The second-order valence-electron chi connectivity index (χ2n) is 4.93. The quantitative estimate of drug-likeness (QED) is 0.700. The van der Waals surface area contributed by atoms with E-state index in [4.69, 9.17) is 14.3 Å². The van der Waals surface area contributed by atoms with E-state index in [1.165, 1.54) is 0 Å². The molecule has 4 heteroatoms. The molecule has 1 rings (SSSR count). The highest BCUT2D eigenvalue weighted by molar-refractivity contribution is 5.31. The minimum atomic E-state index is -0.0669. The third kappa shape index (κ3) is 6.48. The van der Waals surface area contributed by atoms with Crippen molar-refractivity contribution in [3.05, 3.63) is 36.5 Å². The number of ether oxygens (including phenoxy) is 2. The average molecular weight is 279 g/mol. The van der Waals surface area contributed by atoms with Crippen molar-refractivity contribution < 1.29 is 14.3 Å². The van der Waals surface area contributed by atoms with E-state index in [2.05, 4.69) is 25.9 Å². The van der Waals surface area contributed by atoms with Crippen molar-refractivity contribution in [2.24, 2.45) is 0 Å². The van der Waals surface area contributed by atoms with E-state index in [1.807, 2.05) is 38.1 Å². The Kier molecular flexibility index (Phi) is 6.94. The summed E-state index contributed by atoms with van der Waals surface area (Å²) in [5.41, 5.74) is 3.49. The molecule has 0 aliphatic rings. The van der Waals surface area contributed by atoms with Crippen LogP contribution < -0.4 is 15.0 Å². The van der Waals surface area contributed by atoms with Gasteiger partial charge in [-0.05, 0) is 51.5 Å². The van der Waals surface area contributed by atoms with Crippen molar-refractivity contribution in [3.63, 3.8) is 0 Å². The Hall–Kier alpha value is -1.68. The molecule has 4 nitrogen and oxygen atoms in total. The zero-order chi connectivity index (χ0) is 15.0. The normalized spacial score (nSPS) is 13.4. The molecule has 0 aliphatic carbocycles. The lowest BCUT2D eigenvalue weighted by Crippen LogP contribution is -2.25. The molecule has 0 aromatic heterocycles. The fourth-order valence-electron chi connectivity index (χ4n) is 1.38. The summed E-state index contributed by atoms with van der Waals surface area (Å²) in [4.78, 5) is 5.32. The summed E-state index contributed by atoms with van der Waals surface area (Å²) in [7, 11) is 0. The lowest BCUT2D eigenvalue weighted by Gasteiger charge is -2.16. The molecule has 1 aromatic rings. The third-order valence-electron chi connectivity index (χ3n) is 2.65. The van der Waals surface area contributed by atoms with Crippen LogP contribution in [-0.4, -0.2) is 18.8 Å². The van der Waals surface area contributed by atoms with E-state index >= 15 is 0 Å². The summed E-state index contributed by atoms with van der Waals surface area (Å²) in [5.74, 6) is 1.66. The molecule has 0 saturated heterocycles. The van der Waals surface area contributed by atoms with Crippen molar-refractivity contribution in [1.82, 2.24) is 5.48 Å². The highest BCUT2D eigenvalue weighted by Crippen LogP contribution is 2.19. The molecule has 1 N–H and O–H groups in total. The van der Waals surface area contributed by atoms with E-state index < -0.39 is 0 Å². The van der Waals surface area contributed by atoms with E-state index in [0.29, 0.717) is 6.61 Å². The topological polar surface area (TPSA) is 39.7 Å². The second kappa shape index (κ2) is 8.48. The Morgan fingerprint density at radius 1 is 1.15 bits per heavy atom. The Bertz CT molecular complexity index is 403. The first-order chi connectivity index (χ1) is 9.51. The predicted octanol–water partition coefficient (Wildman–Crippen LogP) is 3.69. The van der Waals surface area contributed by atoms with Gasteiger partial charge in [0.05, 0.1) is 6.10 Å².